The Labute approximate surface area is 94.2 Å². The van der Waals surface area contributed by atoms with Crippen LogP contribution >= 0.6 is 11.6 Å². The number of carbonyl (C=O) groups excluding carboxylic acids is 1. The second-order valence-corrected chi connectivity index (χ2v) is 3.62. The Balaban J connectivity index is 3.15. The van der Waals surface area contributed by atoms with E-state index in [1.165, 1.54) is 7.11 Å². The molecule has 0 aliphatic heterocycles. The molecule has 1 aromatic carbocycles. The maximum atomic E-state index is 11.6. The summed E-state index contributed by atoms with van der Waals surface area (Å²) in [4.78, 5) is 11.6. The molecule has 15 heavy (non-hydrogen) atoms. The summed E-state index contributed by atoms with van der Waals surface area (Å²) in [6.45, 7) is 2.20. The zero-order chi connectivity index (χ0) is 11.4. The molecule has 0 atom stereocenters. The fourth-order valence-electron chi connectivity index (χ4n) is 1.38. The molecule has 0 radical (unpaired) electrons. The Kier molecular flexibility index (Phi) is 4.12. The van der Waals surface area contributed by atoms with Crippen molar-refractivity contribution in [3.8, 4) is 5.75 Å². The number of hydrogen-bond acceptors (Lipinski definition) is 3. The molecule has 2 N–H and O–H groups in total. The summed E-state index contributed by atoms with van der Waals surface area (Å²) in [6, 6.07) is 3.52. The lowest BCUT2D eigenvalue weighted by atomic mass is 10.1. The van der Waals surface area contributed by atoms with Crippen LogP contribution in [0.5, 0.6) is 5.75 Å². The number of halogens is 1. The van der Waals surface area contributed by atoms with E-state index in [0.29, 0.717) is 29.3 Å². The first kappa shape index (κ1) is 12.0. The Bertz CT molecular complexity index is 377. The van der Waals surface area contributed by atoms with Gasteiger partial charge in [-0.15, -0.1) is 0 Å². The van der Waals surface area contributed by atoms with E-state index in [1.807, 2.05) is 13.0 Å². The van der Waals surface area contributed by atoms with Gasteiger partial charge in [0, 0.05) is 12.0 Å². The zero-order valence-corrected chi connectivity index (χ0v) is 9.60. The summed E-state index contributed by atoms with van der Waals surface area (Å²) in [5.74, 6) is 0.500. The number of ketones is 1. The van der Waals surface area contributed by atoms with Crippen molar-refractivity contribution in [2.45, 2.75) is 13.3 Å². The number of carbonyl (C=O) groups is 1. The molecule has 1 rings (SSSR count). The number of ether oxygens (including phenoxy) is 1. The fourth-order valence-corrected chi connectivity index (χ4v) is 1.78. The number of hydrogen-bond donors (Lipinski definition) is 1. The summed E-state index contributed by atoms with van der Waals surface area (Å²) in [6.07, 6.45) is 0.298. The van der Waals surface area contributed by atoms with E-state index in [0.717, 1.165) is 5.56 Å². The van der Waals surface area contributed by atoms with Gasteiger partial charge in [-0.2, -0.15) is 0 Å². The molecule has 0 heterocycles. The molecule has 0 aliphatic carbocycles. The molecule has 0 spiro atoms. The predicted molar refractivity (Wildman–Crippen MR) is 60.7 cm³/mol. The lowest BCUT2D eigenvalue weighted by molar-refractivity contribution is 0.0985. The lowest BCUT2D eigenvalue weighted by Crippen LogP contribution is -2.09. The van der Waals surface area contributed by atoms with Crippen molar-refractivity contribution >= 4 is 17.4 Å². The molecule has 0 amide bonds. The van der Waals surface area contributed by atoms with Gasteiger partial charge in [0.25, 0.3) is 0 Å². The standard InChI is InChI=1S/C11H14ClNO2/c1-7-3-4-8(9(14)5-6-13)10(12)11(7)15-2/h3-4H,5-6,13H2,1-2H3. The molecule has 0 aliphatic rings. The van der Waals surface area contributed by atoms with E-state index >= 15 is 0 Å². The lowest BCUT2D eigenvalue weighted by Gasteiger charge is -2.10. The Hall–Kier alpha value is -1.06. The molecule has 0 bridgehead atoms. The molecule has 3 nitrogen and oxygen atoms in total. The molecule has 0 aromatic heterocycles. The van der Waals surface area contributed by atoms with Crippen molar-refractivity contribution in [2.75, 3.05) is 13.7 Å². The molecule has 0 fully saturated rings. The van der Waals surface area contributed by atoms with Crippen molar-refractivity contribution in [3.05, 3.63) is 28.3 Å². The van der Waals surface area contributed by atoms with Crippen LogP contribution in [-0.4, -0.2) is 19.4 Å². The van der Waals surface area contributed by atoms with Crippen molar-refractivity contribution < 1.29 is 9.53 Å². The maximum absolute atomic E-state index is 11.6. The Morgan fingerprint density at radius 2 is 2.20 bits per heavy atom. The number of Topliss-reactive ketones (excluding diaryl/α,β-unsaturated/α-hetero) is 1. The molecule has 0 saturated heterocycles. The first-order chi connectivity index (χ1) is 7.11. The van der Waals surface area contributed by atoms with Crippen LogP contribution in [0.3, 0.4) is 0 Å². The van der Waals surface area contributed by atoms with Crippen LogP contribution in [0.4, 0.5) is 0 Å². The van der Waals surface area contributed by atoms with Gasteiger partial charge in [-0.05, 0) is 25.1 Å². The largest absolute Gasteiger partial charge is 0.495 e. The highest BCUT2D eigenvalue weighted by molar-refractivity contribution is 6.35. The number of methoxy groups -OCH3 is 1. The SMILES string of the molecule is COc1c(C)ccc(C(=O)CCN)c1Cl. The van der Waals surface area contributed by atoms with Gasteiger partial charge in [-0.1, -0.05) is 17.7 Å². The van der Waals surface area contributed by atoms with Gasteiger partial charge >= 0.3 is 0 Å². The molecule has 4 heteroatoms. The number of rotatable bonds is 4. The summed E-state index contributed by atoms with van der Waals surface area (Å²) >= 11 is 6.06. The van der Waals surface area contributed by atoms with Crippen LogP contribution in [-0.2, 0) is 0 Å². The highest BCUT2D eigenvalue weighted by Crippen LogP contribution is 2.32. The minimum atomic E-state index is -0.0548. The van der Waals surface area contributed by atoms with Crippen LogP contribution in [0.2, 0.25) is 5.02 Å². The average Bonchev–Trinajstić information content (AvgIpc) is 2.18. The van der Waals surface area contributed by atoms with E-state index in [1.54, 1.807) is 6.07 Å². The van der Waals surface area contributed by atoms with Gasteiger partial charge in [0.05, 0.1) is 12.1 Å². The summed E-state index contributed by atoms with van der Waals surface area (Å²) in [7, 11) is 1.53. The second-order valence-electron chi connectivity index (χ2n) is 3.24. The van der Waals surface area contributed by atoms with E-state index < -0.39 is 0 Å². The van der Waals surface area contributed by atoms with Gasteiger partial charge in [0.2, 0.25) is 0 Å². The third-order valence-corrected chi connectivity index (χ3v) is 2.55. The van der Waals surface area contributed by atoms with E-state index in [4.69, 9.17) is 22.1 Å². The summed E-state index contributed by atoms with van der Waals surface area (Å²) in [5, 5.41) is 0.371. The number of aryl methyl sites for hydroxylation is 1. The molecular formula is C11H14ClNO2. The summed E-state index contributed by atoms with van der Waals surface area (Å²) < 4.78 is 5.13. The van der Waals surface area contributed by atoms with Gasteiger partial charge in [-0.25, -0.2) is 0 Å². The molecule has 0 saturated carbocycles. The zero-order valence-electron chi connectivity index (χ0n) is 8.84. The predicted octanol–water partition coefficient (Wildman–Crippen LogP) is 2.19. The average molecular weight is 228 g/mol. The van der Waals surface area contributed by atoms with Crippen molar-refractivity contribution in [1.29, 1.82) is 0 Å². The smallest absolute Gasteiger partial charge is 0.165 e. The molecular weight excluding hydrogens is 214 g/mol. The maximum Gasteiger partial charge on any atom is 0.165 e. The van der Waals surface area contributed by atoms with Crippen molar-refractivity contribution in [3.63, 3.8) is 0 Å². The second kappa shape index (κ2) is 5.14. The van der Waals surface area contributed by atoms with Crippen LogP contribution in [0.1, 0.15) is 22.3 Å². The fraction of sp³-hybridized carbons (Fsp3) is 0.364. The van der Waals surface area contributed by atoms with Gasteiger partial charge in [-0.3, -0.25) is 4.79 Å². The van der Waals surface area contributed by atoms with Gasteiger partial charge in [0.1, 0.15) is 5.75 Å². The highest BCUT2D eigenvalue weighted by atomic mass is 35.5. The molecule has 1 aromatic rings. The minimum absolute atomic E-state index is 0.0548. The van der Waals surface area contributed by atoms with Crippen LogP contribution in [0, 0.1) is 6.92 Å². The van der Waals surface area contributed by atoms with Gasteiger partial charge < -0.3 is 10.5 Å². The highest BCUT2D eigenvalue weighted by Gasteiger charge is 2.14. The summed E-state index contributed by atoms with van der Waals surface area (Å²) in [5.41, 5.74) is 6.71. The van der Waals surface area contributed by atoms with E-state index in [9.17, 15) is 4.79 Å². The number of nitrogens with two attached hydrogens (primary N) is 1. The normalized spacial score (nSPS) is 10.1. The monoisotopic (exact) mass is 227 g/mol. The number of benzene rings is 1. The van der Waals surface area contributed by atoms with E-state index in [-0.39, 0.29) is 5.78 Å². The third kappa shape index (κ3) is 2.49. The van der Waals surface area contributed by atoms with Crippen molar-refractivity contribution in [2.24, 2.45) is 5.73 Å². The van der Waals surface area contributed by atoms with Crippen LogP contribution in [0.15, 0.2) is 12.1 Å². The topological polar surface area (TPSA) is 52.3 Å². The molecule has 0 unspecified atom stereocenters. The van der Waals surface area contributed by atoms with Crippen LogP contribution < -0.4 is 10.5 Å². The first-order valence-electron chi connectivity index (χ1n) is 4.68. The Morgan fingerprint density at radius 1 is 1.53 bits per heavy atom. The quantitative estimate of drug-likeness (QED) is 0.803. The van der Waals surface area contributed by atoms with Gasteiger partial charge in [0.15, 0.2) is 5.78 Å². The molecule has 82 valence electrons. The van der Waals surface area contributed by atoms with Crippen LogP contribution in [0.25, 0.3) is 0 Å². The van der Waals surface area contributed by atoms with Crippen molar-refractivity contribution in [1.82, 2.24) is 0 Å². The first-order valence-corrected chi connectivity index (χ1v) is 5.06. The third-order valence-electron chi connectivity index (χ3n) is 2.17. The van der Waals surface area contributed by atoms with E-state index in [2.05, 4.69) is 0 Å². The Morgan fingerprint density at radius 3 is 2.73 bits per heavy atom. The minimum Gasteiger partial charge on any atom is -0.495 e.